The first-order chi connectivity index (χ1) is 5.75. The Labute approximate surface area is 72.7 Å². The van der Waals surface area contributed by atoms with Gasteiger partial charge in [-0.2, -0.15) is 0 Å². The van der Waals surface area contributed by atoms with Crippen LogP contribution in [0, 0.1) is 0 Å². The highest BCUT2D eigenvalue weighted by atomic mass is 16.1. The van der Waals surface area contributed by atoms with E-state index < -0.39 is 0 Å². The van der Waals surface area contributed by atoms with Crippen molar-refractivity contribution in [2.75, 3.05) is 0 Å². The van der Waals surface area contributed by atoms with Crippen molar-refractivity contribution in [2.24, 2.45) is 0 Å². The molecule has 1 aliphatic rings. The molecule has 66 valence electrons. The summed E-state index contributed by atoms with van der Waals surface area (Å²) in [6, 6.07) is 0. The summed E-state index contributed by atoms with van der Waals surface area (Å²) >= 11 is 0. The molecule has 1 rings (SSSR count). The van der Waals surface area contributed by atoms with Gasteiger partial charge >= 0.3 is 0 Å². The highest BCUT2D eigenvalue weighted by Gasteiger charge is 2.16. The molecule has 0 heterocycles. The number of ketones is 1. The Balaban J connectivity index is 2.67. The van der Waals surface area contributed by atoms with Gasteiger partial charge in [-0.15, -0.1) is 0 Å². The van der Waals surface area contributed by atoms with Gasteiger partial charge in [-0.05, 0) is 31.8 Å². The van der Waals surface area contributed by atoms with E-state index in [9.17, 15) is 9.59 Å². The number of allylic oxidation sites excluding steroid dienone is 2. The van der Waals surface area contributed by atoms with Crippen molar-refractivity contribution in [2.45, 2.75) is 39.0 Å². The van der Waals surface area contributed by atoms with E-state index in [0.717, 1.165) is 24.7 Å². The predicted octanol–water partition coefficient (Wildman–Crippen LogP) is 2.04. The summed E-state index contributed by atoms with van der Waals surface area (Å²) in [6.45, 7) is 2.00. The molecule has 0 N–H and O–H groups in total. The van der Waals surface area contributed by atoms with Crippen LogP contribution < -0.4 is 0 Å². The number of rotatable bonds is 3. The zero-order valence-corrected chi connectivity index (χ0v) is 7.43. The molecule has 0 saturated carbocycles. The van der Waals surface area contributed by atoms with E-state index in [2.05, 4.69) is 0 Å². The molecular formula is C10H14O2. The van der Waals surface area contributed by atoms with Gasteiger partial charge in [-0.25, -0.2) is 0 Å². The number of hydrogen-bond donors (Lipinski definition) is 0. The fraction of sp³-hybridized carbons (Fsp3) is 0.600. The average molecular weight is 166 g/mol. The first-order valence-corrected chi connectivity index (χ1v) is 4.41. The smallest absolute Gasteiger partial charge is 0.158 e. The maximum Gasteiger partial charge on any atom is 0.158 e. The van der Waals surface area contributed by atoms with Crippen molar-refractivity contribution in [3.8, 4) is 0 Å². The Morgan fingerprint density at radius 1 is 1.42 bits per heavy atom. The van der Waals surface area contributed by atoms with Crippen LogP contribution in [0.1, 0.15) is 39.0 Å². The van der Waals surface area contributed by atoms with Gasteiger partial charge in [0.05, 0.1) is 0 Å². The van der Waals surface area contributed by atoms with Crippen molar-refractivity contribution >= 4 is 12.1 Å². The van der Waals surface area contributed by atoms with E-state index in [-0.39, 0.29) is 5.78 Å². The fourth-order valence-electron chi connectivity index (χ4n) is 1.61. The van der Waals surface area contributed by atoms with Crippen LogP contribution in [0.3, 0.4) is 0 Å². The minimum Gasteiger partial charge on any atom is -0.303 e. The summed E-state index contributed by atoms with van der Waals surface area (Å²) in [5.74, 6) is 0.251. The maximum atomic E-state index is 11.3. The highest BCUT2D eigenvalue weighted by Crippen LogP contribution is 2.24. The van der Waals surface area contributed by atoms with Crippen LogP contribution in [-0.4, -0.2) is 12.1 Å². The zero-order valence-electron chi connectivity index (χ0n) is 7.43. The molecule has 2 nitrogen and oxygen atoms in total. The van der Waals surface area contributed by atoms with Crippen LogP contribution in [-0.2, 0) is 9.59 Å². The van der Waals surface area contributed by atoms with Crippen LogP contribution in [0.2, 0.25) is 0 Å². The van der Waals surface area contributed by atoms with Gasteiger partial charge in [-0.3, -0.25) is 4.79 Å². The number of hydrogen-bond acceptors (Lipinski definition) is 2. The lowest BCUT2D eigenvalue weighted by molar-refractivity contribution is -0.116. The lowest BCUT2D eigenvalue weighted by atomic mass is 9.89. The summed E-state index contributed by atoms with van der Waals surface area (Å²) in [4.78, 5) is 21.5. The Bertz CT molecular complexity index is 226. The number of carbonyl (C=O) groups is 2. The third-order valence-electron chi connectivity index (χ3n) is 2.32. The monoisotopic (exact) mass is 166 g/mol. The van der Waals surface area contributed by atoms with Crippen molar-refractivity contribution in [1.82, 2.24) is 0 Å². The van der Waals surface area contributed by atoms with Crippen LogP contribution in [0.5, 0.6) is 0 Å². The maximum absolute atomic E-state index is 11.3. The number of carbonyl (C=O) groups excluding carboxylic acids is 2. The van der Waals surface area contributed by atoms with E-state index in [4.69, 9.17) is 0 Å². The minimum absolute atomic E-state index is 0.251. The van der Waals surface area contributed by atoms with Gasteiger partial charge in [0.1, 0.15) is 6.29 Å². The van der Waals surface area contributed by atoms with Crippen molar-refractivity contribution in [1.29, 1.82) is 0 Å². The predicted molar refractivity (Wildman–Crippen MR) is 46.9 cm³/mol. The molecule has 0 radical (unpaired) electrons. The molecule has 0 fully saturated rings. The fourth-order valence-corrected chi connectivity index (χ4v) is 1.61. The van der Waals surface area contributed by atoms with Crippen molar-refractivity contribution in [3.05, 3.63) is 11.1 Å². The molecule has 0 aromatic heterocycles. The Morgan fingerprint density at radius 3 is 2.75 bits per heavy atom. The zero-order chi connectivity index (χ0) is 8.97. The lowest BCUT2D eigenvalue weighted by Crippen LogP contribution is -2.10. The second-order valence-electron chi connectivity index (χ2n) is 3.24. The molecule has 0 aromatic carbocycles. The van der Waals surface area contributed by atoms with Gasteiger partial charge in [-0.1, -0.05) is 5.57 Å². The van der Waals surface area contributed by atoms with Gasteiger partial charge in [0.25, 0.3) is 0 Å². The normalized spacial score (nSPS) is 18.2. The summed E-state index contributed by atoms with van der Waals surface area (Å²) in [5.41, 5.74) is 2.10. The Kier molecular flexibility index (Phi) is 3.20. The Morgan fingerprint density at radius 2 is 2.17 bits per heavy atom. The third-order valence-corrected chi connectivity index (χ3v) is 2.32. The molecule has 0 amide bonds. The van der Waals surface area contributed by atoms with E-state index in [1.165, 1.54) is 5.57 Å². The number of Topliss-reactive ketones (excluding diaryl/α,β-unsaturated/α-hetero) is 1. The standard InChI is InChI=1S/C10H14O2/c1-8-4-2-6-10(12)9(8)5-3-7-11/h7H,2-6H2,1H3. The summed E-state index contributed by atoms with van der Waals surface area (Å²) in [6.07, 6.45) is 4.69. The molecule has 12 heavy (non-hydrogen) atoms. The topological polar surface area (TPSA) is 34.1 Å². The van der Waals surface area contributed by atoms with Gasteiger partial charge in [0.2, 0.25) is 0 Å². The molecule has 1 aliphatic carbocycles. The molecule has 0 aliphatic heterocycles. The average Bonchev–Trinajstić information content (AvgIpc) is 2.04. The SMILES string of the molecule is CC1=C(CCC=O)C(=O)CCC1. The summed E-state index contributed by atoms with van der Waals surface area (Å²) < 4.78 is 0. The molecule has 0 saturated heterocycles. The van der Waals surface area contributed by atoms with Crippen LogP contribution >= 0.6 is 0 Å². The number of aldehydes is 1. The van der Waals surface area contributed by atoms with E-state index >= 15 is 0 Å². The van der Waals surface area contributed by atoms with Gasteiger partial charge < -0.3 is 4.79 Å². The molecular weight excluding hydrogens is 152 g/mol. The molecule has 0 aromatic rings. The third kappa shape index (κ3) is 2.03. The Hall–Kier alpha value is -0.920. The molecule has 0 atom stereocenters. The first-order valence-electron chi connectivity index (χ1n) is 4.41. The van der Waals surface area contributed by atoms with E-state index in [0.29, 0.717) is 19.3 Å². The van der Waals surface area contributed by atoms with E-state index in [1.54, 1.807) is 0 Å². The lowest BCUT2D eigenvalue weighted by Gasteiger charge is -2.15. The highest BCUT2D eigenvalue weighted by molar-refractivity contribution is 5.97. The van der Waals surface area contributed by atoms with Crippen LogP contribution in [0.4, 0.5) is 0 Å². The molecule has 0 spiro atoms. The summed E-state index contributed by atoms with van der Waals surface area (Å²) in [5, 5.41) is 0. The second kappa shape index (κ2) is 4.19. The van der Waals surface area contributed by atoms with Crippen molar-refractivity contribution in [3.63, 3.8) is 0 Å². The second-order valence-corrected chi connectivity index (χ2v) is 3.24. The van der Waals surface area contributed by atoms with Crippen LogP contribution in [0.25, 0.3) is 0 Å². The molecule has 0 bridgehead atoms. The molecule has 2 heteroatoms. The molecule has 0 unspecified atom stereocenters. The van der Waals surface area contributed by atoms with E-state index in [1.807, 2.05) is 6.92 Å². The quantitative estimate of drug-likeness (QED) is 0.601. The van der Waals surface area contributed by atoms with Gasteiger partial charge in [0.15, 0.2) is 5.78 Å². The summed E-state index contributed by atoms with van der Waals surface area (Å²) in [7, 11) is 0. The van der Waals surface area contributed by atoms with Gasteiger partial charge in [0, 0.05) is 12.8 Å². The first kappa shape index (κ1) is 9.17. The minimum atomic E-state index is 0.251. The van der Waals surface area contributed by atoms with Crippen molar-refractivity contribution < 1.29 is 9.59 Å². The van der Waals surface area contributed by atoms with Crippen LogP contribution in [0.15, 0.2) is 11.1 Å². The largest absolute Gasteiger partial charge is 0.303 e.